The highest BCUT2D eigenvalue weighted by molar-refractivity contribution is 5.79. The quantitative estimate of drug-likeness (QED) is 0.408. The molecular formula is C18H36N4O. The fourth-order valence-electron chi connectivity index (χ4n) is 4.02. The van der Waals surface area contributed by atoms with Gasteiger partial charge in [-0.1, -0.05) is 12.8 Å². The molecule has 0 aromatic carbocycles. The largest absolute Gasteiger partial charge is 0.382 e. The maximum Gasteiger partial charge on any atom is 0.191 e. The molecule has 0 amide bonds. The number of likely N-dealkylation sites (tertiary alicyclic amines) is 1. The summed E-state index contributed by atoms with van der Waals surface area (Å²) >= 11 is 0. The first-order valence-corrected chi connectivity index (χ1v) is 9.41. The third-order valence-corrected chi connectivity index (χ3v) is 5.68. The summed E-state index contributed by atoms with van der Waals surface area (Å²) < 4.78 is 5.60. The number of guanidine groups is 1. The standard InChI is InChI=1S/C18H36N4O/c1-4-23-13-11-18(9-5-6-10-18)15-21-17(19-2)20-14-16-8-7-12-22(16)3/h16H,4-15H2,1-3H3,(H2,19,20,21). The van der Waals surface area contributed by atoms with Crippen molar-refractivity contribution in [3.05, 3.63) is 0 Å². The van der Waals surface area contributed by atoms with Crippen molar-refractivity contribution in [1.29, 1.82) is 0 Å². The Balaban J connectivity index is 1.76. The van der Waals surface area contributed by atoms with E-state index < -0.39 is 0 Å². The lowest BCUT2D eigenvalue weighted by Gasteiger charge is -2.30. The number of nitrogens with one attached hydrogen (secondary N) is 2. The van der Waals surface area contributed by atoms with Crippen molar-refractivity contribution in [2.24, 2.45) is 10.4 Å². The number of hydrogen-bond acceptors (Lipinski definition) is 3. The average Bonchev–Trinajstić information content (AvgIpc) is 3.18. The van der Waals surface area contributed by atoms with Gasteiger partial charge in [0.25, 0.3) is 0 Å². The van der Waals surface area contributed by atoms with Gasteiger partial charge in [0.15, 0.2) is 5.96 Å². The first kappa shape index (κ1) is 18.5. The van der Waals surface area contributed by atoms with Gasteiger partial charge in [-0.3, -0.25) is 4.99 Å². The minimum Gasteiger partial charge on any atom is -0.382 e. The fourth-order valence-corrected chi connectivity index (χ4v) is 4.02. The first-order valence-electron chi connectivity index (χ1n) is 9.41. The summed E-state index contributed by atoms with van der Waals surface area (Å²) in [6, 6.07) is 0.645. The van der Waals surface area contributed by atoms with Gasteiger partial charge in [-0.05, 0) is 58.0 Å². The van der Waals surface area contributed by atoms with Crippen molar-refractivity contribution in [1.82, 2.24) is 15.5 Å². The van der Waals surface area contributed by atoms with Crippen LogP contribution in [0.25, 0.3) is 0 Å². The second kappa shape index (κ2) is 9.48. The predicted octanol–water partition coefficient (Wildman–Crippen LogP) is 2.23. The summed E-state index contributed by atoms with van der Waals surface area (Å²) in [6.45, 7) is 7.01. The molecule has 2 fully saturated rings. The number of nitrogens with zero attached hydrogens (tertiary/aromatic N) is 2. The zero-order valence-electron chi connectivity index (χ0n) is 15.4. The lowest BCUT2D eigenvalue weighted by molar-refractivity contribution is 0.105. The van der Waals surface area contributed by atoms with Crippen LogP contribution in [0.2, 0.25) is 0 Å². The van der Waals surface area contributed by atoms with Gasteiger partial charge in [-0.25, -0.2) is 0 Å². The summed E-state index contributed by atoms with van der Waals surface area (Å²) in [5, 5.41) is 7.10. The SMILES string of the molecule is CCOCCC1(CNC(=NC)NCC2CCCN2C)CCCC1. The highest BCUT2D eigenvalue weighted by atomic mass is 16.5. The van der Waals surface area contributed by atoms with Crippen molar-refractivity contribution in [2.75, 3.05) is 46.9 Å². The van der Waals surface area contributed by atoms with Gasteiger partial charge in [0.1, 0.15) is 0 Å². The molecule has 2 rings (SSSR count). The maximum atomic E-state index is 5.60. The number of ether oxygens (including phenoxy) is 1. The van der Waals surface area contributed by atoms with Crippen LogP contribution in [-0.2, 0) is 4.74 Å². The van der Waals surface area contributed by atoms with Crippen LogP contribution in [0, 0.1) is 5.41 Å². The highest BCUT2D eigenvalue weighted by Gasteiger charge is 2.33. The Labute approximate surface area is 142 Å². The second-order valence-corrected chi connectivity index (χ2v) is 7.24. The summed E-state index contributed by atoms with van der Waals surface area (Å²) in [6.07, 6.45) is 9.11. The lowest BCUT2D eigenvalue weighted by atomic mass is 9.83. The van der Waals surface area contributed by atoms with Crippen LogP contribution in [0.5, 0.6) is 0 Å². The normalized spacial score (nSPS) is 25.0. The monoisotopic (exact) mass is 324 g/mol. The lowest BCUT2D eigenvalue weighted by Crippen LogP contribution is -2.47. The number of likely N-dealkylation sites (N-methyl/N-ethyl adjacent to an activating group) is 1. The molecule has 0 radical (unpaired) electrons. The van der Waals surface area contributed by atoms with E-state index in [1.165, 1.54) is 45.1 Å². The maximum absolute atomic E-state index is 5.60. The molecule has 2 aliphatic rings. The van der Waals surface area contributed by atoms with Crippen molar-refractivity contribution >= 4 is 5.96 Å². The van der Waals surface area contributed by atoms with Gasteiger partial charge in [0, 0.05) is 39.4 Å². The smallest absolute Gasteiger partial charge is 0.191 e. The summed E-state index contributed by atoms with van der Waals surface area (Å²) in [5.74, 6) is 0.952. The van der Waals surface area contributed by atoms with Crippen molar-refractivity contribution in [3.8, 4) is 0 Å². The van der Waals surface area contributed by atoms with E-state index in [1.54, 1.807) is 0 Å². The van der Waals surface area contributed by atoms with Crippen LogP contribution in [0.3, 0.4) is 0 Å². The van der Waals surface area contributed by atoms with Gasteiger partial charge < -0.3 is 20.3 Å². The molecule has 5 heteroatoms. The number of aliphatic imine (C=N–C) groups is 1. The van der Waals surface area contributed by atoms with E-state index in [-0.39, 0.29) is 0 Å². The molecule has 1 aliphatic carbocycles. The molecule has 0 spiro atoms. The van der Waals surface area contributed by atoms with Crippen molar-refractivity contribution < 1.29 is 4.74 Å². The van der Waals surface area contributed by atoms with E-state index >= 15 is 0 Å². The molecule has 2 N–H and O–H groups in total. The Morgan fingerprint density at radius 2 is 2.04 bits per heavy atom. The van der Waals surface area contributed by atoms with Crippen LogP contribution in [-0.4, -0.2) is 63.8 Å². The third-order valence-electron chi connectivity index (χ3n) is 5.68. The van der Waals surface area contributed by atoms with Crippen molar-refractivity contribution in [3.63, 3.8) is 0 Å². The van der Waals surface area contributed by atoms with Crippen LogP contribution in [0.15, 0.2) is 4.99 Å². The highest BCUT2D eigenvalue weighted by Crippen LogP contribution is 2.40. The topological polar surface area (TPSA) is 48.9 Å². The number of hydrogen-bond donors (Lipinski definition) is 2. The first-order chi connectivity index (χ1) is 11.2. The molecule has 1 atom stereocenters. The van der Waals surface area contributed by atoms with Crippen LogP contribution in [0.4, 0.5) is 0 Å². The number of rotatable bonds is 8. The van der Waals surface area contributed by atoms with E-state index in [9.17, 15) is 0 Å². The fraction of sp³-hybridized carbons (Fsp3) is 0.944. The molecular weight excluding hydrogens is 288 g/mol. The Bertz CT molecular complexity index is 366. The third kappa shape index (κ3) is 5.64. The molecule has 1 saturated heterocycles. The van der Waals surface area contributed by atoms with E-state index in [1.807, 2.05) is 7.05 Å². The van der Waals surface area contributed by atoms with E-state index in [4.69, 9.17) is 4.74 Å². The van der Waals surface area contributed by atoms with Crippen LogP contribution < -0.4 is 10.6 Å². The van der Waals surface area contributed by atoms with Gasteiger partial charge in [0.2, 0.25) is 0 Å². The van der Waals surface area contributed by atoms with E-state index in [2.05, 4.69) is 34.5 Å². The minimum atomic E-state index is 0.400. The van der Waals surface area contributed by atoms with Crippen molar-refractivity contribution in [2.45, 2.75) is 57.9 Å². The summed E-state index contributed by atoms with van der Waals surface area (Å²) in [5.41, 5.74) is 0.400. The van der Waals surface area contributed by atoms with Gasteiger partial charge in [-0.2, -0.15) is 0 Å². The Kier molecular flexibility index (Phi) is 7.63. The van der Waals surface area contributed by atoms with Crippen LogP contribution in [0.1, 0.15) is 51.9 Å². The molecule has 1 aliphatic heterocycles. The van der Waals surface area contributed by atoms with Crippen LogP contribution >= 0.6 is 0 Å². The minimum absolute atomic E-state index is 0.400. The molecule has 134 valence electrons. The van der Waals surface area contributed by atoms with Gasteiger partial charge in [0.05, 0.1) is 0 Å². The van der Waals surface area contributed by atoms with E-state index in [0.29, 0.717) is 11.5 Å². The van der Waals surface area contributed by atoms with Gasteiger partial charge in [-0.15, -0.1) is 0 Å². The molecule has 1 saturated carbocycles. The average molecular weight is 325 g/mol. The molecule has 1 heterocycles. The summed E-state index contributed by atoms with van der Waals surface area (Å²) in [4.78, 5) is 6.85. The molecule has 0 aromatic heterocycles. The molecule has 5 nitrogen and oxygen atoms in total. The molecule has 23 heavy (non-hydrogen) atoms. The van der Waals surface area contributed by atoms with E-state index in [0.717, 1.165) is 38.7 Å². The summed E-state index contributed by atoms with van der Waals surface area (Å²) in [7, 11) is 4.09. The Hall–Kier alpha value is -0.810. The molecule has 0 bridgehead atoms. The zero-order chi connectivity index (χ0) is 16.5. The zero-order valence-corrected chi connectivity index (χ0v) is 15.4. The Morgan fingerprint density at radius 3 is 2.65 bits per heavy atom. The molecule has 0 aromatic rings. The second-order valence-electron chi connectivity index (χ2n) is 7.24. The molecule has 1 unspecified atom stereocenters. The predicted molar refractivity (Wildman–Crippen MR) is 97.0 cm³/mol. The van der Waals surface area contributed by atoms with Gasteiger partial charge >= 0.3 is 0 Å². The Morgan fingerprint density at radius 1 is 1.26 bits per heavy atom.